The van der Waals surface area contributed by atoms with Crippen molar-refractivity contribution in [3.63, 3.8) is 0 Å². The van der Waals surface area contributed by atoms with Gasteiger partial charge in [0.1, 0.15) is 23.5 Å². The maximum atomic E-state index is 13.6. The van der Waals surface area contributed by atoms with Gasteiger partial charge in [0.05, 0.1) is 17.9 Å². The van der Waals surface area contributed by atoms with Crippen molar-refractivity contribution >= 4 is 11.5 Å². The smallest absolute Gasteiger partial charge is 0.154 e. The molecule has 32 heavy (non-hydrogen) atoms. The van der Waals surface area contributed by atoms with E-state index >= 15 is 0 Å². The second kappa shape index (κ2) is 8.59. The van der Waals surface area contributed by atoms with Gasteiger partial charge < -0.3 is 15.8 Å². The van der Waals surface area contributed by atoms with E-state index in [1.54, 1.807) is 6.07 Å². The van der Waals surface area contributed by atoms with Crippen LogP contribution in [0.25, 0.3) is 16.9 Å². The highest BCUT2D eigenvalue weighted by atomic mass is 19.1. The molecule has 0 spiro atoms. The lowest BCUT2D eigenvalue weighted by Gasteiger charge is -2.18. The molecule has 6 nitrogen and oxygen atoms in total. The van der Waals surface area contributed by atoms with Gasteiger partial charge >= 0.3 is 0 Å². The van der Waals surface area contributed by atoms with E-state index in [1.165, 1.54) is 12.1 Å². The van der Waals surface area contributed by atoms with Gasteiger partial charge in [-0.2, -0.15) is 0 Å². The average molecular weight is 432 g/mol. The minimum Gasteiger partial charge on any atom is -0.489 e. The summed E-state index contributed by atoms with van der Waals surface area (Å²) >= 11 is 0. The molecule has 0 aliphatic heterocycles. The third-order valence-electron chi connectivity index (χ3n) is 6.02. The second-order valence-electron chi connectivity index (χ2n) is 8.33. The summed E-state index contributed by atoms with van der Waals surface area (Å²) in [5.41, 5.74) is 9.60. The molecule has 1 aliphatic rings. The predicted octanol–water partition coefficient (Wildman–Crippen LogP) is 4.97. The van der Waals surface area contributed by atoms with Gasteiger partial charge in [0.25, 0.3) is 0 Å². The zero-order valence-corrected chi connectivity index (χ0v) is 17.9. The van der Waals surface area contributed by atoms with Crippen molar-refractivity contribution in [1.29, 1.82) is 0 Å². The van der Waals surface area contributed by atoms with Gasteiger partial charge in [-0.1, -0.05) is 12.1 Å². The molecule has 1 aliphatic carbocycles. The summed E-state index contributed by atoms with van der Waals surface area (Å²) in [7, 11) is 0. The number of aromatic nitrogens is 3. The highest BCUT2D eigenvalue weighted by molar-refractivity contribution is 5.64. The van der Waals surface area contributed by atoms with Crippen molar-refractivity contribution in [1.82, 2.24) is 14.6 Å². The molecule has 5 rings (SSSR count). The summed E-state index contributed by atoms with van der Waals surface area (Å²) in [5, 5.41) is 8.06. The first-order valence-corrected chi connectivity index (χ1v) is 11.0. The van der Waals surface area contributed by atoms with Crippen LogP contribution >= 0.6 is 0 Å². The van der Waals surface area contributed by atoms with Gasteiger partial charge in [-0.15, -0.1) is 5.10 Å². The lowest BCUT2D eigenvalue weighted by atomic mass is 10.1. The minimum absolute atomic E-state index is 0.0898. The molecular formula is C25H26FN5O. The molecule has 1 saturated carbocycles. The predicted molar refractivity (Wildman–Crippen MR) is 123 cm³/mol. The van der Waals surface area contributed by atoms with Crippen molar-refractivity contribution in [2.45, 2.75) is 44.4 Å². The molecule has 2 aromatic carbocycles. The molecule has 4 aromatic rings. The standard InChI is InChI=1S/C25H26FN5O/c1-16(18-4-2-5-19(26)14-18)29-24-12-13-25-28-15-22(31(25)30-24)17-8-10-20(11-9-17)32-23-7-3-6-21(23)27/h2,4-5,8-16,21,23H,3,6-7,27H2,1H3,(H,29,30)/t16-,21?,23?/m1/s1. The number of fused-ring (bicyclic) bond motifs is 1. The molecule has 2 heterocycles. The van der Waals surface area contributed by atoms with E-state index in [9.17, 15) is 4.39 Å². The number of ether oxygens (including phenoxy) is 1. The van der Waals surface area contributed by atoms with Gasteiger partial charge in [0.2, 0.25) is 0 Å². The summed E-state index contributed by atoms with van der Waals surface area (Å²) in [4.78, 5) is 4.48. The molecular weight excluding hydrogens is 405 g/mol. The SMILES string of the molecule is C[C@@H](Nc1ccc2ncc(-c3ccc(OC4CCCC4N)cc3)n2n1)c1cccc(F)c1. The fourth-order valence-corrected chi connectivity index (χ4v) is 4.21. The van der Waals surface area contributed by atoms with Gasteiger partial charge in [0.15, 0.2) is 5.65 Å². The van der Waals surface area contributed by atoms with Crippen LogP contribution in [-0.2, 0) is 0 Å². The maximum absolute atomic E-state index is 13.6. The van der Waals surface area contributed by atoms with Crippen LogP contribution in [-0.4, -0.2) is 26.7 Å². The van der Waals surface area contributed by atoms with Gasteiger partial charge in [-0.05, 0) is 80.3 Å². The van der Waals surface area contributed by atoms with E-state index in [4.69, 9.17) is 15.6 Å². The monoisotopic (exact) mass is 431 g/mol. The highest BCUT2D eigenvalue weighted by Gasteiger charge is 2.25. The molecule has 0 bridgehead atoms. The maximum Gasteiger partial charge on any atom is 0.154 e. The van der Waals surface area contributed by atoms with Crippen LogP contribution in [0.15, 0.2) is 66.9 Å². The Balaban J connectivity index is 1.36. The number of imidazole rings is 1. The third-order valence-corrected chi connectivity index (χ3v) is 6.02. The van der Waals surface area contributed by atoms with Crippen molar-refractivity contribution in [3.8, 4) is 17.0 Å². The number of anilines is 1. The molecule has 0 saturated heterocycles. The Morgan fingerprint density at radius 2 is 1.97 bits per heavy atom. The average Bonchev–Trinajstić information content (AvgIpc) is 3.40. The topological polar surface area (TPSA) is 77.5 Å². The molecule has 3 N–H and O–H groups in total. The number of benzene rings is 2. The van der Waals surface area contributed by atoms with Crippen LogP contribution in [0.4, 0.5) is 10.2 Å². The summed E-state index contributed by atoms with van der Waals surface area (Å²) in [5.74, 6) is 1.26. The number of nitrogens with two attached hydrogens (primary N) is 1. The molecule has 7 heteroatoms. The summed E-state index contributed by atoms with van der Waals surface area (Å²) in [6.07, 6.45) is 5.04. The van der Waals surface area contributed by atoms with Crippen LogP contribution in [0, 0.1) is 5.82 Å². The van der Waals surface area contributed by atoms with E-state index in [0.717, 1.165) is 47.5 Å². The highest BCUT2D eigenvalue weighted by Crippen LogP contribution is 2.27. The van der Waals surface area contributed by atoms with E-state index in [-0.39, 0.29) is 24.0 Å². The largest absolute Gasteiger partial charge is 0.489 e. The molecule has 164 valence electrons. The number of hydrogen-bond acceptors (Lipinski definition) is 5. The Labute approximate surface area is 186 Å². The fourth-order valence-electron chi connectivity index (χ4n) is 4.21. The fraction of sp³-hybridized carbons (Fsp3) is 0.280. The van der Waals surface area contributed by atoms with Crippen molar-refractivity contribution in [2.75, 3.05) is 5.32 Å². The first kappa shape index (κ1) is 20.5. The summed E-state index contributed by atoms with van der Waals surface area (Å²) < 4.78 is 21.4. The number of rotatable bonds is 6. The number of nitrogens with one attached hydrogen (secondary N) is 1. The second-order valence-corrected chi connectivity index (χ2v) is 8.33. The van der Waals surface area contributed by atoms with E-state index in [2.05, 4.69) is 10.3 Å². The molecule has 0 radical (unpaired) electrons. The van der Waals surface area contributed by atoms with Crippen LogP contribution in [0.5, 0.6) is 5.75 Å². The van der Waals surface area contributed by atoms with Gasteiger partial charge in [0, 0.05) is 11.6 Å². The first-order chi connectivity index (χ1) is 15.6. The zero-order chi connectivity index (χ0) is 22.1. The van der Waals surface area contributed by atoms with E-state index in [1.807, 2.05) is 60.1 Å². The Bertz CT molecular complexity index is 1220. The molecule has 2 aromatic heterocycles. The lowest BCUT2D eigenvalue weighted by molar-refractivity contribution is 0.191. The number of halogens is 1. The van der Waals surface area contributed by atoms with Crippen molar-refractivity contribution < 1.29 is 9.13 Å². The van der Waals surface area contributed by atoms with Crippen LogP contribution in [0.2, 0.25) is 0 Å². The third kappa shape index (κ3) is 4.16. The van der Waals surface area contributed by atoms with Crippen LogP contribution < -0.4 is 15.8 Å². The lowest BCUT2D eigenvalue weighted by Crippen LogP contribution is -2.33. The molecule has 3 atom stereocenters. The van der Waals surface area contributed by atoms with Crippen LogP contribution in [0.3, 0.4) is 0 Å². The molecule has 2 unspecified atom stereocenters. The summed E-state index contributed by atoms with van der Waals surface area (Å²) in [6, 6.07) is 18.3. The summed E-state index contributed by atoms with van der Waals surface area (Å²) in [6.45, 7) is 1.98. The Morgan fingerprint density at radius 1 is 1.12 bits per heavy atom. The van der Waals surface area contributed by atoms with E-state index in [0.29, 0.717) is 5.82 Å². The Kier molecular flexibility index (Phi) is 5.49. The van der Waals surface area contributed by atoms with Gasteiger partial charge in [-0.25, -0.2) is 13.9 Å². The quantitative estimate of drug-likeness (QED) is 0.451. The molecule has 0 amide bonds. The normalized spacial score (nSPS) is 19.2. The number of hydrogen-bond donors (Lipinski definition) is 2. The Hall–Kier alpha value is -3.45. The first-order valence-electron chi connectivity index (χ1n) is 11.0. The Morgan fingerprint density at radius 3 is 2.72 bits per heavy atom. The minimum atomic E-state index is -0.251. The van der Waals surface area contributed by atoms with E-state index < -0.39 is 0 Å². The van der Waals surface area contributed by atoms with Crippen molar-refractivity contribution in [2.24, 2.45) is 5.73 Å². The zero-order valence-electron chi connectivity index (χ0n) is 17.9. The molecule has 1 fully saturated rings. The number of nitrogens with zero attached hydrogens (tertiary/aromatic N) is 3. The van der Waals surface area contributed by atoms with Gasteiger partial charge in [-0.3, -0.25) is 0 Å². The van der Waals surface area contributed by atoms with Crippen molar-refractivity contribution in [3.05, 3.63) is 78.2 Å². The van der Waals surface area contributed by atoms with Crippen LogP contribution in [0.1, 0.15) is 37.8 Å².